The van der Waals surface area contributed by atoms with Gasteiger partial charge in [-0.2, -0.15) is 0 Å². The Morgan fingerprint density at radius 1 is 1.27 bits per heavy atom. The molecule has 8 nitrogen and oxygen atoms in total. The Morgan fingerprint density at radius 2 is 2.00 bits per heavy atom. The van der Waals surface area contributed by atoms with Gasteiger partial charge in [-0.05, 0) is 45.7 Å². The minimum atomic E-state index is -0.900. The molecule has 0 bridgehead atoms. The molecule has 2 unspecified atom stereocenters. The molecule has 3 aromatic rings. The third-order valence-electron chi connectivity index (χ3n) is 5.00. The fourth-order valence-electron chi connectivity index (χ4n) is 3.12. The lowest BCUT2D eigenvalue weighted by molar-refractivity contribution is -0.138. The molecule has 0 spiro atoms. The molecule has 1 aromatic carbocycles. The van der Waals surface area contributed by atoms with Crippen LogP contribution in [-0.2, 0) is 9.53 Å². The van der Waals surface area contributed by atoms with Crippen LogP contribution in [0.1, 0.15) is 46.0 Å². The number of thiazole rings is 1. The van der Waals surface area contributed by atoms with E-state index in [1.807, 2.05) is 20.8 Å². The first-order chi connectivity index (χ1) is 15.5. The second-order valence-electron chi connectivity index (χ2n) is 8.82. The lowest BCUT2D eigenvalue weighted by Gasteiger charge is -2.25. The van der Waals surface area contributed by atoms with Crippen molar-refractivity contribution in [2.75, 3.05) is 0 Å². The minimum Gasteiger partial charge on any atom is -0.463 e. The summed E-state index contributed by atoms with van der Waals surface area (Å²) < 4.78 is 16.4. The number of benzene rings is 1. The van der Waals surface area contributed by atoms with E-state index in [1.54, 1.807) is 32.2 Å². The van der Waals surface area contributed by atoms with E-state index in [4.69, 9.17) is 13.9 Å². The quantitative estimate of drug-likeness (QED) is 0.394. The molecule has 2 aromatic heterocycles. The van der Waals surface area contributed by atoms with E-state index in [9.17, 15) is 14.4 Å². The fraction of sp³-hybridized carbons (Fsp3) is 0.417. The summed E-state index contributed by atoms with van der Waals surface area (Å²) in [6.45, 7) is 10.8. The van der Waals surface area contributed by atoms with Gasteiger partial charge in [0, 0.05) is 11.4 Å². The first kappa shape index (κ1) is 24.4. The molecule has 0 saturated heterocycles. The zero-order chi connectivity index (χ0) is 24.3. The Kier molecular flexibility index (Phi) is 7.22. The molecule has 2 heterocycles. The summed E-state index contributed by atoms with van der Waals surface area (Å²) in [4.78, 5) is 42.3. The van der Waals surface area contributed by atoms with Crippen LogP contribution in [0.2, 0.25) is 0 Å². The molecule has 0 aliphatic carbocycles. The lowest BCUT2D eigenvalue weighted by Crippen LogP contribution is -2.48. The van der Waals surface area contributed by atoms with E-state index in [0.717, 1.165) is 5.01 Å². The van der Waals surface area contributed by atoms with Crippen molar-refractivity contribution in [1.82, 2.24) is 10.3 Å². The average molecular weight is 473 g/mol. The van der Waals surface area contributed by atoms with Crippen molar-refractivity contribution in [3.05, 3.63) is 45.1 Å². The second kappa shape index (κ2) is 9.74. The first-order valence-electron chi connectivity index (χ1n) is 10.7. The molecule has 0 fully saturated rings. The van der Waals surface area contributed by atoms with E-state index < -0.39 is 23.7 Å². The number of esters is 1. The number of nitrogens with zero attached hydrogens (tertiary/aromatic N) is 1. The van der Waals surface area contributed by atoms with Gasteiger partial charge < -0.3 is 19.2 Å². The fourth-order valence-corrected chi connectivity index (χ4v) is 3.73. The van der Waals surface area contributed by atoms with Crippen LogP contribution in [0.4, 0.5) is 4.79 Å². The molecule has 3 rings (SSSR count). The average Bonchev–Trinajstić information content (AvgIpc) is 3.16. The topological polar surface area (TPSA) is 108 Å². The van der Waals surface area contributed by atoms with E-state index >= 15 is 0 Å². The summed E-state index contributed by atoms with van der Waals surface area (Å²) in [6, 6.07) is 3.65. The molecule has 0 aliphatic heterocycles. The number of nitrogens with one attached hydrogen (secondary N) is 1. The van der Waals surface area contributed by atoms with Crippen LogP contribution in [0, 0.1) is 12.8 Å². The SMILES string of the molecule is CCC(C)C(NC(=O)OC(C)(C)C)C(=O)Oc1ccc2c(=O)c(-c3csc(C)n3)coc2c1. The van der Waals surface area contributed by atoms with Gasteiger partial charge >= 0.3 is 12.1 Å². The van der Waals surface area contributed by atoms with Gasteiger partial charge in [-0.1, -0.05) is 20.3 Å². The Morgan fingerprint density at radius 3 is 2.61 bits per heavy atom. The molecule has 2 atom stereocenters. The highest BCUT2D eigenvalue weighted by atomic mass is 32.1. The zero-order valence-electron chi connectivity index (χ0n) is 19.6. The standard InChI is InChI=1S/C24H28N2O6S/c1-7-13(2)20(26-23(29)32-24(4,5)6)22(28)31-15-8-9-16-19(10-15)30-11-17(21(16)27)18-12-33-14(3)25-18/h8-13,20H,7H2,1-6H3,(H,26,29). The predicted octanol–water partition coefficient (Wildman–Crippen LogP) is 5.07. The van der Waals surface area contributed by atoms with Gasteiger partial charge in [0.25, 0.3) is 0 Å². The third kappa shape index (κ3) is 5.98. The van der Waals surface area contributed by atoms with E-state index in [0.29, 0.717) is 23.1 Å². The number of rotatable bonds is 6. The lowest BCUT2D eigenvalue weighted by atomic mass is 9.99. The van der Waals surface area contributed by atoms with Gasteiger partial charge in [-0.15, -0.1) is 11.3 Å². The summed E-state index contributed by atoms with van der Waals surface area (Å²) in [5.41, 5.74) is 0.299. The molecule has 0 aliphatic rings. The van der Waals surface area contributed by atoms with Gasteiger partial charge in [0.15, 0.2) is 0 Å². The Labute approximate surface area is 195 Å². The van der Waals surface area contributed by atoms with Crippen LogP contribution in [0.15, 0.2) is 39.1 Å². The monoisotopic (exact) mass is 472 g/mol. The van der Waals surface area contributed by atoms with Crippen molar-refractivity contribution in [2.24, 2.45) is 5.92 Å². The maximum Gasteiger partial charge on any atom is 0.408 e. The number of carbonyl (C=O) groups is 2. The molecule has 0 radical (unpaired) electrons. The molecular formula is C24H28N2O6S. The van der Waals surface area contributed by atoms with Crippen LogP contribution in [0.25, 0.3) is 22.2 Å². The van der Waals surface area contributed by atoms with Crippen molar-refractivity contribution in [3.8, 4) is 17.0 Å². The molecule has 33 heavy (non-hydrogen) atoms. The largest absolute Gasteiger partial charge is 0.463 e. The summed E-state index contributed by atoms with van der Waals surface area (Å²) in [7, 11) is 0. The molecule has 176 valence electrons. The maximum atomic E-state index is 12.9. The summed E-state index contributed by atoms with van der Waals surface area (Å²) in [5, 5.41) is 5.60. The highest BCUT2D eigenvalue weighted by Gasteiger charge is 2.30. The van der Waals surface area contributed by atoms with E-state index in [-0.39, 0.29) is 22.7 Å². The molecule has 0 saturated carbocycles. The highest BCUT2D eigenvalue weighted by Crippen LogP contribution is 2.25. The van der Waals surface area contributed by atoms with Crippen LogP contribution >= 0.6 is 11.3 Å². The van der Waals surface area contributed by atoms with Crippen LogP contribution in [0.5, 0.6) is 5.75 Å². The van der Waals surface area contributed by atoms with Gasteiger partial charge in [-0.3, -0.25) is 4.79 Å². The molecule has 9 heteroatoms. The molecule has 1 amide bonds. The Hall–Kier alpha value is -3.20. The number of alkyl carbamates (subject to hydrolysis) is 1. The van der Waals surface area contributed by atoms with E-state index in [1.165, 1.54) is 29.7 Å². The number of fused-ring (bicyclic) bond motifs is 1. The van der Waals surface area contributed by atoms with Gasteiger partial charge in [0.05, 0.1) is 21.7 Å². The Balaban J connectivity index is 1.82. The van der Waals surface area contributed by atoms with Crippen LogP contribution in [-0.4, -0.2) is 28.7 Å². The van der Waals surface area contributed by atoms with Crippen molar-refractivity contribution >= 4 is 34.4 Å². The van der Waals surface area contributed by atoms with Crippen molar-refractivity contribution in [2.45, 2.75) is 59.6 Å². The second-order valence-corrected chi connectivity index (χ2v) is 9.88. The number of ether oxygens (including phenoxy) is 2. The maximum absolute atomic E-state index is 12.9. The predicted molar refractivity (Wildman–Crippen MR) is 127 cm³/mol. The zero-order valence-corrected chi connectivity index (χ0v) is 20.4. The van der Waals surface area contributed by atoms with Crippen molar-refractivity contribution in [3.63, 3.8) is 0 Å². The number of aromatic nitrogens is 1. The normalized spacial score (nSPS) is 13.4. The van der Waals surface area contributed by atoms with Crippen molar-refractivity contribution in [1.29, 1.82) is 0 Å². The smallest absolute Gasteiger partial charge is 0.408 e. The Bertz CT molecular complexity index is 1220. The van der Waals surface area contributed by atoms with Crippen LogP contribution < -0.4 is 15.5 Å². The number of hydrogen-bond donors (Lipinski definition) is 1. The van der Waals surface area contributed by atoms with E-state index in [2.05, 4.69) is 10.3 Å². The van der Waals surface area contributed by atoms with Crippen LogP contribution in [0.3, 0.4) is 0 Å². The third-order valence-corrected chi connectivity index (χ3v) is 5.77. The highest BCUT2D eigenvalue weighted by molar-refractivity contribution is 7.09. The van der Waals surface area contributed by atoms with Gasteiger partial charge in [0.1, 0.15) is 29.2 Å². The summed E-state index contributed by atoms with van der Waals surface area (Å²) >= 11 is 1.45. The van der Waals surface area contributed by atoms with Crippen molar-refractivity contribution < 1.29 is 23.5 Å². The number of amides is 1. The minimum absolute atomic E-state index is 0.187. The van der Waals surface area contributed by atoms with Gasteiger partial charge in [-0.25, -0.2) is 14.6 Å². The van der Waals surface area contributed by atoms with Gasteiger partial charge in [0.2, 0.25) is 5.43 Å². The number of hydrogen-bond acceptors (Lipinski definition) is 8. The first-order valence-corrected chi connectivity index (χ1v) is 11.6. The summed E-state index contributed by atoms with van der Waals surface area (Å²) in [5.74, 6) is -0.619. The number of carbonyl (C=O) groups excluding carboxylic acids is 2. The molecule has 1 N–H and O–H groups in total. The number of aryl methyl sites for hydroxylation is 1. The summed E-state index contributed by atoms with van der Waals surface area (Å²) in [6.07, 6.45) is 1.30. The molecular weight excluding hydrogens is 444 g/mol.